The number of nitrogens with one attached hydrogen (secondary N) is 1. The molecular weight excluding hydrogens is 256 g/mol. The molecule has 1 fully saturated rings. The van der Waals surface area contributed by atoms with Crippen molar-refractivity contribution in [2.24, 2.45) is 0 Å². The minimum Gasteiger partial charge on any atom is -0.328 e. The fourth-order valence-electron chi connectivity index (χ4n) is 1.87. The van der Waals surface area contributed by atoms with Crippen LogP contribution in [-0.2, 0) is 10.2 Å². The zero-order valence-electron chi connectivity index (χ0n) is 11.7. The molecule has 0 bridgehead atoms. The first-order valence-corrected chi connectivity index (χ1v) is 6.61. The van der Waals surface area contributed by atoms with Crippen LogP contribution in [0.3, 0.4) is 0 Å². The number of thiocarbonyl (C=S) groups is 1. The number of carbonyl (C=O) groups excluding carboxylic acids is 1. The smallest absolute Gasteiger partial charge is 0.276 e. The standard InChI is InChI=1S/C15H18N2OS/c1-15(2,3)11-7-5-10(6-8-11)9-12-13(18)17(4)14(19)16-12/h5-9H,1-4H3,(H,16,19)/b12-9+. The second-order valence-electron chi connectivity index (χ2n) is 5.72. The highest BCUT2D eigenvalue weighted by Crippen LogP contribution is 2.23. The van der Waals surface area contributed by atoms with Gasteiger partial charge in [-0.05, 0) is 34.8 Å². The van der Waals surface area contributed by atoms with Gasteiger partial charge >= 0.3 is 0 Å². The number of nitrogens with zero attached hydrogens (tertiary/aromatic N) is 1. The van der Waals surface area contributed by atoms with Gasteiger partial charge in [0.1, 0.15) is 5.70 Å². The van der Waals surface area contributed by atoms with E-state index in [9.17, 15) is 4.79 Å². The highest BCUT2D eigenvalue weighted by molar-refractivity contribution is 7.80. The maximum atomic E-state index is 11.9. The molecule has 0 atom stereocenters. The Morgan fingerprint density at radius 3 is 2.21 bits per heavy atom. The van der Waals surface area contributed by atoms with Gasteiger partial charge in [0.05, 0.1) is 0 Å². The number of carbonyl (C=O) groups is 1. The van der Waals surface area contributed by atoms with Crippen molar-refractivity contribution in [3.63, 3.8) is 0 Å². The van der Waals surface area contributed by atoms with Crippen molar-refractivity contribution >= 4 is 29.3 Å². The lowest BCUT2D eigenvalue weighted by Gasteiger charge is -2.18. The Kier molecular flexibility index (Phi) is 3.45. The number of likely N-dealkylation sites (N-methyl/N-ethyl adjacent to an activating group) is 1. The van der Waals surface area contributed by atoms with Crippen molar-refractivity contribution in [2.45, 2.75) is 26.2 Å². The third kappa shape index (κ3) is 2.84. The predicted octanol–water partition coefficient (Wildman–Crippen LogP) is 2.67. The van der Waals surface area contributed by atoms with Gasteiger partial charge in [-0.25, -0.2) is 0 Å². The molecule has 1 amide bonds. The average molecular weight is 274 g/mol. The van der Waals surface area contributed by atoms with E-state index in [4.69, 9.17) is 12.2 Å². The zero-order valence-corrected chi connectivity index (χ0v) is 12.5. The summed E-state index contributed by atoms with van der Waals surface area (Å²) in [6.07, 6.45) is 1.82. The first-order valence-electron chi connectivity index (χ1n) is 6.20. The molecule has 3 nitrogen and oxygen atoms in total. The second kappa shape index (κ2) is 4.78. The molecule has 4 heteroatoms. The third-order valence-corrected chi connectivity index (χ3v) is 3.54. The summed E-state index contributed by atoms with van der Waals surface area (Å²) in [4.78, 5) is 13.3. The average Bonchev–Trinajstić information content (AvgIpc) is 2.57. The summed E-state index contributed by atoms with van der Waals surface area (Å²) in [5, 5.41) is 3.36. The number of amides is 1. The summed E-state index contributed by atoms with van der Waals surface area (Å²) < 4.78 is 0. The van der Waals surface area contributed by atoms with Gasteiger partial charge in [-0.15, -0.1) is 0 Å². The molecule has 1 aliphatic heterocycles. The van der Waals surface area contributed by atoms with E-state index in [1.54, 1.807) is 7.05 Å². The van der Waals surface area contributed by atoms with E-state index < -0.39 is 0 Å². The van der Waals surface area contributed by atoms with Crippen LogP contribution in [0.1, 0.15) is 31.9 Å². The minimum absolute atomic E-state index is 0.0927. The van der Waals surface area contributed by atoms with Gasteiger partial charge in [-0.3, -0.25) is 9.69 Å². The molecule has 1 heterocycles. The van der Waals surface area contributed by atoms with Gasteiger partial charge < -0.3 is 5.32 Å². The molecule has 100 valence electrons. The monoisotopic (exact) mass is 274 g/mol. The van der Waals surface area contributed by atoms with Crippen LogP contribution in [0.2, 0.25) is 0 Å². The summed E-state index contributed by atoms with van der Waals surface area (Å²) in [6.45, 7) is 6.53. The molecule has 19 heavy (non-hydrogen) atoms. The van der Waals surface area contributed by atoms with E-state index in [2.05, 4.69) is 38.2 Å². The van der Waals surface area contributed by atoms with E-state index >= 15 is 0 Å². The van der Waals surface area contributed by atoms with Crippen molar-refractivity contribution in [3.05, 3.63) is 41.1 Å². The van der Waals surface area contributed by atoms with Gasteiger partial charge in [0, 0.05) is 7.05 Å². The Labute approximate surface area is 119 Å². The van der Waals surface area contributed by atoms with Crippen molar-refractivity contribution in [2.75, 3.05) is 7.05 Å². The lowest BCUT2D eigenvalue weighted by Crippen LogP contribution is -2.25. The molecule has 2 rings (SSSR count). The highest BCUT2D eigenvalue weighted by atomic mass is 32.1. The van der Waals surface area contributed by atoms with Gasteiger partial charge in [0.25, 0.3) is 5.91 Å². The summed E-state index contributed by atoms with van der Waals surface area (Å²) in [7, 11) is 1.67. The van der Waals surface area contributed by atoms with Crippen LogP contribution in [0.15, 0.2) is 30.0 Å². The van der Waals surface area contributed by atoms with E-state index in [1.165, 1.54) is 10.5 Å². The SMILES string of the molecule is CN1C(=O)/C(=C\c2ccc(C(C)(C)C)cc2)NC1=S. The predicted molar refractivity (Wildman–Crippen MR) is 81.6 cm³/mol. The van der Waals surface area contributed by atoms with Crippen LogP contribution in [0.4, 0.5) is 0 Å². The Bertz CT molecular complexity index is 553. The zero-order chi connectivity index (χ0) is 14.2. The van der Waals surface area contributed by atoms with Gasteiger partial charge in [0.15, 0.2) is 5.11 Å². The van der Waals surface area contributed by atoms with Gasteiger partial charge in [0.2, 0.25) is 0 Å². The second-order valence-corrected chi connectivity index (χ2v) is 6.11. The molecule has 1 aromatic carbocycles. The molecular formula is C15H18N2OS. The number of benzene rings is 1. The normalized spacial score (nSPS) is 18.1. The van der Waals surface area contributed by atoms with E-state index in [1.807, 2.05) is 18.2 Å². The molecule has 0 aliphatic carbocycles. The topological polar surface area (TPSA) is 32.3 Å². The number of rotatable bonds is 1. The fraction of sp³-hybridized carbons (Fsp3) is 0.333. The van der Waals surface area contributed by atoms with Gasteiger partial charge in [-0.1, -0.05) is 45.0 Å². The molecule has 0 saturated carbocycles. The minimum atomic E-state index is -0.0927. The van der Waals surface area contributed by atoms with Crippen molar-refractivity contribution in [3.8, 4) is 0 Å². The molecule has 0 radical (unpaired) electrons. The lowest BCUT2D eigenvalue weighted by atomic mass is 9.87. The Balaban J connectivity index is 2.25. The summed E-state index contributed by atoms with van der Waals surface area (Å²) >= 11 is 5.03. The van der Waals surface area contributed by atoms with Crippen LogP contribution < -0.4 is 5.32 Å². The van der Waals surface area contributed by atoms with Gasteiger partial charge in [-0.2, -0.15) is 0 Å². The third-order valence-electron chi connectivity index (χ3n) is 3.17. The molecule has 0 spiro atoms. The van der Waals surface area contributed by atoms with Crippen molar-refractivity contribution in [1.82, 2.24) is 10.2 Å². The van der Waals surface area contributed by atoms with Crippen molar-refractivity contribution in [1.29, 1.82) is 0 Å². The first kappa shape index (κ1) is 13.7. The molecule has 1 saturated heterocycles. The summed E-state index contributed by atoms with van der Waals surface area (Å²) in [5.41, 5.74) is 2.92. The van der Waals surface area contributed by atoms with E-state index in [0.717, 1.165) is 5.56 Å². The maximum Gasteiger partial charge on any atom is 0.276 e. The van der Waals surface area contributed by atoms with Crippen LogP contribution in [-0.4, -0.2) is 23.0 Å². The largest absolute Gasteiger partial charge is 0.328 e. The molecule has 1 N–H and O–H groups in total. The quantitative estimate of drug-likeness (QED) is 0.631. The Morgan fingerprint density at radius 1 is 1.21 bits per heavy atom. The van der Waals surface area contributed by atoms with Crippen LogP contribution >= 0.6 is 12.2 Å². The number of hydrogen-bond donors (Lipinski definition) is 1. The van der Waals surface area contributed by atoms with Crippen LogP contribution in [0.5, 0.6) is 0 Å². The Hall–Kier alpha value is -1.68. The van der Waals surface area contributed by atoms with E-state index in [0.29, 0.717) is 10.8 Å². The highest BCUT2D eigenvalue weighted by Gasteiger charge is 2.26. The lowest BCUT2D eigenvalue weighted by molar-refractivity contribution is -0.121. The molecule has 0 aromatic heterocycles. The van der Waals surface area contributed by atoms with Crippen molar-refractivity contribution < 1.29 is 4.79 Å². The van der Waals surface area contributed by atoms with Crippen LogP contribution in [0.25, 0.3) is 6.08 Å². The summed E-state index contributed by atoms with van der Waals surface area (Å²) in [5.74, 6) is -0.0927. The summed E-state index contributed by atoms with van der Waals surface area (Å²) in [6, 6.07) is 8.22. The molecule has 1 aliphatic rings. The molecule has 1 aromatic rings. The maximum absolute atomic E-state index is 11.9. The van der Waals surface area contributed by atoms with Crippen LogP contribution in [0, 0.1) is 0 Å². The van der Waals surface area contributed by atoms with E-state index in [-0.39, 0.29) is 11.3 Å². The first-order chi connectivity index (χ1) is 8.79. The molecule has 0 unspecified atom stereocenters. The fourth-order valence-corrected chi connectivity index (χ4v) is 2.06. The number of hydrogen-bond acceptors (Lipinski definition) is 2. The Morgan fingerprint density at radius 2 is 1.79 bits per heavy atom.